The van der Waals surface area contributed by atoms with Gasteiger partial charge in [0.05, 0.1) is 29.9 Å². The van der Waals surface area contributed by atoms with Crippen molar-refractivity contribution in [2.24, 2.45) is 34.5 Å². The molecule has 6 unspecified atom stereocenters. The summed E-state index contributed by atoms with van der Waals surface area (Å²) in [6.45, 7) is 5.48. The van der Waals surface area contributed by atoms with Crippen LogP contribution in [0.1, 0.15) is 57.7 Å². The highest BCUT2D eigenvalue weighted by atomic mass is 35.5. The minimum atomic E-state index is -1.61. The van der Waals surface area contributed by atoms with Gasteiger partial charge in [-0.3, -0.25) is 4.79 Å². The van der Waals surface area contributed by atoms with Gasteiger partial charge < -0.3 is 15.3 Å². The van der Waals surface area contributed by atoms with Crippen molar-refractivity contribution in [1.82, 2.24) is 14.8 Å². The summed E-state index contributed by atoms with van der Waals surface area (Å²) >= 11 is 5.98. The van der Waals surface area contributed by atoms with Gasteiger partial charge in [-0.05, 0) is 85.0 Å². The Morgan fingerprint density at radius 2 is 2.06 bits per heavy atom. The maximum atomic E-state index is 12.8. The molecule has 0 spiro atoms. The molecule has 0 saturated heterocycles. The van der Waals surface area contributed by atoms with Crippen molar-refractivity contribution in [3.05, 3.63) is 46.5 Å². The van der Waals surface area contributed by atoms with Crippen LogP contribution in [0.2, 0.25) is 5.15 Å². The lowest BCUT2D eigenvalue weighted by atomic mass is 9.45. The third kappa shape index (κ3) is 3.00. The summed E-state index contributed by atoms with van der Waals surface area (Å²) in [7, 11) is 0. The van der Waals surface area contributed by atoms with Crippen molar-refractivity contribution in [2.75, 3.05) is 6.61 Å². The molecule has 0 radical (unpaired) electrons. The molecular weight excluding hydrogens is 478 g/mol. The van der Waals surface area contributed by atoms with Crippen LogP contribution in [0.25, 0.3) is 11.8 Å². The fraction of sp³-hybridized carbons (Fsp3) is 0.607. The summed E-state index contributed by atoms with van der Waals surface area (Å²) in [5, 5.41) is 38.2. The molecule has 8 heteroatoms. The summed E-state index contributed by atoms with van der Waals surface area (Å²) < 4.78 is 1.91. The number of halogens is 1. The third-order valence-corrected chi connectivity index (χ3v) is 10.8. The van der Waals surface area contributed by atoms with Crippen molar-refractivity contribution in [2.45, 2.75) is 64.6 Å². The van der Waals surface area contributed by atoms with E-state index in [1.54, 1.807) is 12.3 Å². The van der Waals surface area contributed by atoms with E-state index < -0.39 is 29.5 Å². The zero-order chi connectivity index (χ0) is 25.6. The number of nitrogens with zero attached hydrogens (tertiary/aromatic N) is 3. The van der Waals surface area contributed by atoms with E-state index in [1.165, 1.54) is 5.57 Å². The lowest BCUT2D eigenvalue weighted by molar-refractivity contribution is -0.186. The van der Waals surface area contributed by atoms with Crippen LogP contribution in [-0.2, 0) is 11.2 Å². The molecule has 0 aliphatic heterocycles. The van der Waals surface area contributed by atoms with Crippen molar-refractivity contribution < 1.29 is 20.1 Å². The number of rotatable bonds is 3. The second-order valence-corrected chi connectivity index (χ2v) is 12.5. The molecule has 7 nitrogen and oxygen atoms in total. The van der Waals surface area contributed by atoms with Crippen LogP contribution in [0.15, 0.2) is 30.1 Å². The molecule has 36 heavy (non-hydrogen) atoms. The monoisotopic (exact) mass is 511 g/mol. The Kier molecular flexibility index (Phi) is 5.38. The standard InChI is InChI=1S/C28H34ClN3O4/c1-15-8-20-19-6-4-17-9-21-16(12-31-32(21)18-5-7-24(29)30-13-18)10-26(17,2)25(19)22(34)11-27(20,3)28(15,36)23(35)14-33/h5,7,9,12-13,15,19-20,22,25,33-34,36H,4,6,8,10-11,14H2,1-3H3/t15-,19?,20?,22?,25?,26?,27?,28+/m1/s1. The average Bonchev–Trinajstić information content (AvgIpc) is 3.33. The SMILES string of the molecule is C[C@@H]1CC2C3CCC4=Cc5c(cnn5-c5ccc(Cl)nc5)CC4(C)C3C(O)CC2(C)[C@@]1(O)C(=O)CO. The highest BCUT2D eigenvalue weighted by Crippen LogP contribution is 2.68. The minimum absolute atomic E-state index is 0.0306. The Morgan fingerprint density at radius 3 is 2.75 bits per heavy atom. The quantitative estimate of drug-likeness (QED) is 0.543. The Morgan fingerprint density at radius 1 is 1.28 bits per heavy atom. The van der Waals surface area contributed by atoms with Gasteiger partial charge in [-0.25, -0.2) is 9.67 Å². The van der Waals surface area contributed by atoms with E-state index in [1.807, 2.05) is 30.8 Å². The Hall–Kier alpha value is -2.06. The highest BCUT2D eigenvalue weighted by molar-refractivity contribution is 6.29. The molecule has 192 valence electrons. The summed E-state index contributed by atoms with van der Waals surface area (Å²) in [6, 6.07) is 3.67. The first-order chi connectivity index (χ1) is 17.0. The number of pyridine rings is 1. The largest absolute Gasteiger partial charge is 0.393 e. The van der Waals surface area contributed by atoms with Gasteiger partial charge in [0.1, 0.15) is 17.4 Å². The molecule has 4 aliphatic carbocycles. The number of hydrogen-bond acceptors (Lipinski definition) is 6. The fourth-order valence-corrected chi connectivity index (χ4v) is 9.04. The Labute approximate surface area is 216 Å². The molecule has 4 aliphatic rings. The van der Waals surface area contributed by atoms with Gasteiger partial charge >= 0.3 is 0 Å². The number of allylic oxidation sites excluding steroid dienone is 1. The molecule has 3 fully saturated rings. The maximum absolute atomic E-state index is 12.8. The number of aliphatic hydroxyl groups is 3. The molecule has 0 amide bonds. The highest BCUT2D eigenvalue weighted by Gasteiger charge is 2.70. The number of carbonyl (C=O) groups excluding carboxylic acids is 1. The van der Waals surface area contributed by atoms with E-state index >= 15 is 0 Å². The van der Waals surface area contributed by atoms with E-state index in [0.29, 0.717) is 11.6 Å². The molecule has 2 aromatic heterocycles. The number of carbonyl (C=O) groups is 1. The molecular formula is C28H34ClN3O4. The normalized spacial score (nSPS) is 41.1. The van der Waals surface area contributed by atoms with Crippen molar-refractivity contribution in [3.63, 3.8) is 0 Å². The molecule has 0 aromatic carbocycles. The summed E-state index contributed by atoms with van der Waals surface area (Å²) in [4.78, 5) is 17.0. The van der Waals surface area contributed by atoms with E-state index in [2.05, 4.69) is 23.1 Å². The van der Waals surface area contributed by atoms with E-state index in [0.717, 1.165) is 42.6 Å². The fourth-order valence-electron chi connectivity index (χ4n) is 8.93. The second kappa shape index (κ2) is 7.97. The van der Waals surface area contributed by atoms with E-state index in [-0.39, 0.29) is 29.1 Å². The van der Waals surface area contributed by atoms with Crippen LogP contribution >= 0.6 is 11.6 Å². The Balaban J connectivity index is 1.38. The lowest BCUT2D eigenvalue weighted by Crippen LogP contribution is -2.63. The number of aromatic nitrogens is 3. The van der Waals surface area contributed by atoms with E-state index in [9.17, 15) is 20.1 Å². The first kappa shape index (κ1) is 24.3. The van der Waals surface area contributed by atoms with Crippen LogP contribution in [0.3, 0.4) is 0 Å². The predicted molar refractivity (Wildman–Crippen MR) is 135 cm³/mol. The number of aliphatic hydroxyl groups excluding tert-OH is 2. The zero-order valence-electron chi connectivity index (χ0n) is 21.0. The van der Waals surface area contributed by atoms with Gasteiger partial charge in [-0.2, -0.15) is 5.10 Å². The van der Waals surface area contributed by atoms with E-state index in [4.69, 9.17) is 11.6 Å². The lowest BCUT2D eigenvalue weighted by Gasteiger charge is -2.60. The van der Waals surface area contributed by atoms with Crippen molar-refractivity contribution >= 4 is 23.5 Å². The number of hydrogen-bond donors (Lipinski definition) is 3. The number of fused-ring (bicyclic) bond motifs is 6. The van der Waals surface area contributed by atoms with Gasteiger partial charge in [0.25, 0.3) is 0 Å². The third-order valence-electron chi connectivity index (χ3n) is 10.5. The number of Topliss-reactive ketones (excluding diaryl/α,β-unsaturated/α-hetero) is 1. The van der Waals surface area contributed by atoms with Crippen LogP contribution in [0.4, 0.5) is 0 Å². The van der Waals surface area contributed by atoms with Crippen molar-refractivity contribution in [1.29, 1.82) is 0 Å². The summed E-state index contributed by atoms with van der Waals surface area (Å²) in [6.07, 6.45) is 8.93. The van der Waals surface area contributed by atoms with Crippen LogP contribution < -0.4 is 0 Å². The second-order valence-electron chi connectivity index (χ2n) is 12.1. The molecule has 3 saturated carbocycles. The van der Waals surface area contributed by atoms with Gasteiger partial charge in [-0.1, -0.05) is 37.9 Å². The molecule has 6 rings (SSSR count). The molecule has 2 heterocycles. The average molecular weight is 512 g/mol. The molecule has 3 N–H and O–H groups in total. The van der Waals surface area contributed by atoms with Crippen LogP contribution in [0.5, 0.6) is 0 Å². The topological polar surface area (TPSA) is 108 Å². The first-order valence-corrected chi connectivity index (χ1v) is 13.4. The predicted octanol–water partition coefficient (Wildman–Crippen LogP) is 3.61. The molecule has 0 bridgehead atoms. The van der Waals surface area contributed by atoms with Crippen LogP contribution in [-0.4, -0.2) is 54.2 Å². The van der Waals surface area contributed by atoms with Crippen molar-refractivity contribution in [3.8, 4) is 5.69 Å². The number of ketones is 1. The van der Waals surface area contributed by atoms with Gasteiger partial charge in [-0.15, -0.1) is 0 Å². The summed E-state index contributed by atoms with van der Waals surface area (Å²) in [5.41, 5.74) is 1.79. The smallest absolute Gasteiger partial charge is 0.190 e. The maximum Gasteiger partial charge on any atom is 0.190 e. The molecule has 8 atom stereocenters. The van der Waals surface area contributed by atoms with Crippen LogP contribution in [0, 0.1) is 34.5 Å². The minimum Gasteiger partial charge on any atom is -0.393 e. The zero-order valence-corrected chi connectivity index (χ0v) is 21.7. The van der Waals surface area contributed by atoms with Gasteiger partial charge in [0, 0.05) is 5.41 Å². The Bertz CT molecular complexity index is 1260. The van der Waals surface area contributed by atoms with Gasteiger partial charge in [0.2, 0.25) is 0 Å². The van der Waals surface area contributed by atoms with Gasteiger partial charge in [0.15, 0.2) is 5.78 Å². The molecule has 2 aromatic rings. The first-order valence-electron chi connectivity index (χ1n) is 13.0. The summed E-state index contributed by atoms with van der Waals surface area (Å²) in [5.74, 6) is -0.431.